The summed E-state index contributed by atoms with van der Waals surface area (Å²) < 4.78 is 16.6. The highest BCUT2D eigenvalue weighted by Gasteiger charge is 2.18. The summed E-state index contributed by atoms with van der Waals surface area (Å²) in [5.74, 6) is 0.541. The quantitative estimate of drug-likeness (QED) is 0.438. The van der Waals surface area contributed by atoms with E-state index in [2.05, 4.69) is 15.1 Å². The zero-order chi connectivity index (χ0) is 20.8. The van der Waals surface area contributed by atoms with E-state index in [-0.39, 0.29) is 11.4 Å². The molecule has 5 rings (SSSR count). The summed E-state index contributed by atoms with van der Waals surface area (Å²) in [6.07, 6.45) is 1.69. The summed E-state index contributed by atoms with van der Waals surface area (Å²) in [5.41, 5.74) is 2.25. The maximum atomic E-state index is 13.5. The van der Waals surface area contributed by atoms with Crippen LogP contribution in [0.25, 0.3) is 27.9 Å². The molecule has 0 atom stereocenters. The second kappa shape index (κ2) is 7.03. The van der Waals surface area contributed by atoms with Gasteiger partial charge in [-0.2, -0.15) is 9.50 Å². The van der Waals surface area contributed by atoms with Gasteiger partial charge in [0.1, 0.15) is 11.6 Å². The summed E-state index contributed by atoms with van der Waals surface area (Å²) in [6.45, 7) is 2.06. The Kier molecular flexibility index (Phi) is 4.33. The van der Waals surface area contributed by atoms with E-state index in [4.69, 9.17) is 11.6 Å². The summed E-state index contributed by atoms with van der Waals surface area (Å²) >= 11 is 6.28. The van der Waals surface area contributed by atoms with Crippen LogP contribution in [-0.4, -0.2) is 24.1 Å². The van der Waals surface area contributed by atoms with Gasteiger partial charge in [0.05, 0.1) is 23.1 Å². The Balaban J connectivity index is 1.82. The van der Waals surface area contributed by atoms with Crippen molar-refractivity contribution in [2.45, 2.75) is 13.5 Å². The molecule has 0 amide bonds. The van der Waals surface area contributed by atoms with E-state index < -0.39 is 0 Å². The van der Waals surface area contributed by atoms with Gasteiger partial charge < -0.3 is 4.57 Å². The molecule has 0 aliphatic heterocycles. The lowest BCUT2D eigenvalue weighted by molar-refractivity contribution is 0.628. The third-order valence-electron chi connectivity index (χ3n) is 4.92. The van der Waals surface area contributed by atoms with Gasteiger partial charge in [0, 0.05) is 16.8 Å². The highest BCUT2D eigenvalue weighted by molar-refractivity contribution is 6.31. The van der Waals surface area contributed by atoms with E-state index >= 15 is 0 Å². The fraction of sp³-hybridized carbons (Fsp3) is 0.0909. The molecule has 8 heteroatoms. The van der Waals surface area contributed by atoms with Gasteiger partial charge in [-0.05, 0) is 48.9 Å². The van der Waals surface area contributed by atoms with Gasteiger partial charge in [-0.25, -0.2) is 9.37 Å². The Morgan fingerprint density at radius 2 is 1.80 bits per heavy atom. The first kappa shape index (κ1) is 18.4. The lowest BCUT2D eigenvalue weighted by atomic mass is 10.1. The molecule has 30 heavy (non-hydrogen) atoms. The van der Waals surface area contributed by atoms with Crippen LogP contribution < -0.4 is 5.56 Å². The number of benzene rings is 2. The standard InChI is InChI=1S/C22H15ClFN5O/c1-13-25-22-26-18-10-11-28(12-15-4-2-3-5-17(15)23)21(30)19(18)20(29(22)27-13)14-6-8-16(24)9-7-14/h2-11H,12H2,1H3. The SMILES string of the molecule is Cc1nc2nc3ccn(Cc4ccccc4Cl)c(=O)c3c(-c3ccc(F)cc3)n2n1. The van der Waals surface area contributed by atoms with Crippen molar-refractivity contribution in [1.29, 1.82) is 0 Å². The Bertz CT molecular complexity index is 1470. The molecule has 2 aromatic carbocycles. The molecule has 0 fully saturated rings. The second-order valence-corrected chi connectivity index (χ2v) is 7.35. The molecule has 5 aromatic rings. The zero-order valence-electron chi connectivity index (χ0n) is 15.9. The van der Waals surface area contributed by atoms with Crippen molar-refractivity contribution in [1.82, 2.24) is 24.1 Å². The van der Waals surface area contributed by atoms with E-state index in [1.807, 2.05) is 18.2 Å². The maximum Gasteiger partial charge on any atom is 0.262 e. The molecule has 0 saturated carbocycles. The van der Waals surface area contributed by atoms with Crippen LogP contribution in [0.3, 0.4) is 0 Å². The van der Waals surface area contributed by atoms with E-state index in [1.165, 1.54) is 16.6 Å². The summed E-state index contributed by atoms with van der Waals surface area (Å²) in [7, 11) is 0. The highest BCUT2D eigenvalue weighted by atomic mass is 35.5. The molecule has 0 N–H and O–H groups in total. The maximum absolute atomic E-state index is 13.5. The molecule has 148 valence electrons. The average molecular weight is 420 g/mol. The Labute approximate surface area is 175 Å². The van der Waals surface area contributed by atoms with Gasteiger partial charge in [0.15, 0.2) is 0 Å². The first-order valence-corrected chi connectivity index (χ1v) is 9.65. The van der Waals surface area contributed by atoms with E-state index in [1.54, 1.807) is 42.0 Å². The van der Waals surface area contributed by atoms with Crippen molar-refractivity contribution < 1.29 is 4.39 Å². The van der Waals surface area contributed by atoms with Gasteiger partial charge >= 0.3 is 0 Å². The number of aryl methyl sites for hydroxylation is 1. The first-order valence-electron chi connectivity index (χ1n) is 9.27. The third-order valence-corrected chi connectivity index (χ3v) is 5.29. The minimum atomic E-state index is -0.362. The second-order valence-electron chi connectivity index (χ2n) is 6.94. The van der Waals surface area contributed by atoms with Crippen molar-refractivity contribution in [3.8, 4) is 11.3 Å². The molecule has 0 radical (unpaired) electrons. The van der Waals surface area contributed by atoms with Crippen molar-refractivity contribution in [2.75, 3.05) is 0 Å². The van der Waals surface area contributed by atoms with Crippen LogP contribution in [0.2, 0.25) is 5.02 Å². The predicted octanol–water partition coefficient (Wildman–Crippen LogP) is 4.26. The van der Waals surface area contributed by atoms with E-state index in [0.29, 0.717) is 45.3 Å². The van der Waals surface area contributed by atoms with Crippen molar-refractivity contribution >= 4 is 28.3 Å². The average Bonchev–Trinajstić information content (AvgIpc) is 3.10. The van der Waals surface area contributed by atoms with Crippen LogP contribution >= 0.6 is 11.6 Å². The van der Waals surface area contributed by atoms with Crippen LogP contribution in [-0.2, 0) is 6.54 Å². The van der Waals surface area contributed by atoms with Gasteiger partial charge in [-0.15, -0.1) is 5.10 Å². The normalized spacial score (nSPS) is 11.4. The van der Waals surface area contributed by atoms with E-state index in [9.17, 15) is 9.18 Å². The van der Waals surface area contributed by atoms with Gasteiger partial charge in [0.25, 0.3) is 11.3 Å². The molecule has 0 aliphatic rings. The van der Waals surface area contributed by atoms with Gasteiger partial charge in [-0.1, -0.05) is 29.8 Å². The molecule has 0 bridgehead atoms. The Morgan fingerprint density at radius 3 is 2.57 bits per heavy atom. The topological polar surface area (TPSA) is 65.1 Å². The van der Waals surface area contributed by atoms with Crippen molar-refractivity contribution in [2.24, 2.45) is 0 Å². The fourth-order valence-electron chi connectivity index (χ4n) is 3.53. The molecular formula is C22H15ClFN5O. The summed E-state index contributed by atoms with van der Waals surface area (Å²) in [6, 6.07) is 15.1. The number of halogens is 2. The molecule has 6 nitrogen and oxygen atoms in total. The minimum absolute atomic E-state index is 0.241. The summed E-state index contributed by atoms with van der Waals surface area (Å²) in [5, 5.41) is 5.38. The number of hydrogen-bond acceptors (Lipinski definition) is 4. The van der Waals surface area contributed by atoms with Crippen molar-refractivity contribution in [3.05, 3.63) is 93.4 Å². The number of aromatic nitrogens is 5. The van der Waals surface area contributed by atoms with Crippen LogP contribution in [0.15, 0.2) is 65.6 Å². The lowest BCUT2D eigenvalue weighted by Crippen LogP contribution is -2.22. The Morgan fingerprint density at radius 1 is 1.03 bits per heavy atom. The van der Waals surface area contributed by atoms with Gasteiger partial charge in [0.2, 0.25) is 0 Å². The molecule has 0 unspecified atom stereocenters. The first-order chi connectivity index (χ1) is 14.5. The third kappa shape index (κ3) is 3.04. The number of hydrogen-bond donors (Lipinski definition) is 0. The van der Waals surface area contributed by atoms with Gasteiger partial charge in [-0.3, -0.25) is 4.79 Å². The molecule has 0 spiro atoms. The lowest BCUT2D eigenvalue weighted by Gasteiger charge is -2.12. The van der Waals surface area contributed by atoms with Crippen LogP contribution in [0.5, 0.6) is 0 Å². The number of pyridine rings is 1. The molecule has 3 aromatic heterocycles. The number of rotatable bonds is 3. The smallest absolute Gasteiger partial charge is 0.262 e. The fourth-order valence-corrected chi connectivity index (χ4v) is 3.72. The van der Waals surface area contributed by atoms with E-state index in [0.717, 1.165) is 5.56 Å². The largest absolute Gasteiger partial charge is 0.310 e. The molecule has 3 heterocycles. The monoisotopic (exact) mass is 419 g/mol. The predicted molar refractivity (Wildman–Crippen MR) is 113 cm³/mol. The molecule has 0 saturated heterocycles. The van der Waals surface area contributed by atoms with Crippen LogP contribution in [0.1, 0.15) is 11.4 Å². The molecular weight excluding hydrogens is 405 g/mol. The highest BCUT2D eigenvalue weighted by Crippen LogP contribution is 2.26. The molecule has 0 aliphatic carbocycles. The Hall–Kier alpha value is -3.58. The summed E-state index contributed by atoms with van der Waals surface area (Å²) in [4.78, 5) is 22.3. The van der Waals surface area contributed by atoms with Crippen molar-refractivity contribution in [3.63, 3.8) is 0 Å². The number of fused-ring (bicyclic) bond motifs is 2. The zero-order valence-corrected chi connectivity index (χ0v) is 16.6. The number of nitrogens with zero attached hydrogens (tertiary/aromatic N) is 5. The van der Waals surface area contributed by atoms with Crippen LogP contribution in [0, 0.1) is 12.7 Å². The van der Waals surface area contributed by atoms with Crippen LogP contribution in [0.4, 0.5) is 4.39 Å². The minimum Gasteiger partial charge on any atom is -0.310 e.